The maximum absolute atomic E-state index is 8.51. The van der Waals surface area contributed by atoms with E-state index in [2.05, 4.69) is 0 Å². The smallest absolute Gasteiger partial charge is 0.162 e. The Hall–Kier alpha value is 1.41. The van der Waals surface area contributed by atoms with Crippen LogP contribution in [0.2, 0.25) is 0 Å². The zero-order chi connectivity index (χ0) is 2.71. The van der Waals surface area contributed by atoms with Gasteiger partial charge in [0.15, 0.2) is 0 Å². The molecule has 2 nitrogen and oxygen atoms in total. The summed E-state index contributed by atoms with van der Waals surface area (Å²) in [5.41, 5.74) is 0. The van der Waals surface area contributed by atoms with Crippen LogP contribution in [-0.4, -0.2) is 4.89 Å². The molecule has 0 radical (unpaired) electrons. The van der Waals surface area contributed by atoms with Crippen LogP contribution >= 0.6 is 8.69 Å². The van der Waals surface area contributed by atoms with Crippen LogP contribution < -0.4 is 0 Å². The van der Waals surface area contributed by atoms with Gasteiger partial charge in [0.2, 0.25) is 0 Å². The molecule has 0 spiro atoms. The van der Waals surface area contributed by atoms with E-state index in [0.29, 0.717) is 0 Å². The fourth-order valence-corrected chi connectivity index (χ4v) is 0. The molecule has 22 valence electrons. The summed E-state index contributed by atoms with van der Waals surface area (Å²) in [6.07, 6.45) is 0. The van der Waals surface area contributed by atoms with Gasteiger partial charge in [-0.05, 0) is 4.57 Å². The first-order valence-electron chi connectivity index (χ1n) is 0.428. The molecule has 1 unspecified atom stereocenters. The third kappa shape index (κ3) is 9.96. The van der Waals surface area contributed by atoms with E-state index in [1.807, 2.05) is 0 Å². The average Bonchev–Trinajstić information content (AvgIpc) is 0.918. The second kappa shape index (κ2) is 8.83. The molecule has 1 atom stereocenters. The molecule has 0 saturated heterocycles. The number of hydrogen-bond acceptors (Lipinski definition) is 1. The molecule has 0 aliphatic heterocycles. The number of hydrogen-bond donors (Lipinski definition) is 1. The van der Waals surface area contributed by atoms with Crippen molar-refractivity contribution in [3.8, 4) is 0 Å². The summed E-state index contributed by atoms with van der Waals surface area (Å²) in [5.74, 6) is 0. The molecule has 0 saturated carbocycles. The van der Waals surface area contributed by atoms with Gasteiger partial charge in [0.25, 0.3) is 0 Å². The molecular weight excluding hydrogens is 207 g/mol. The first-order valence-corrected chi connectivity index (χ1v) is 1.28. The van der Waals surface area contributed by atoms with Crippen LogP contribution in [0.1, 0.15) is 0 Å². The molecule has 1 N–H and O–H groups in total. The fourth-order valence-electron chi connectivity index (χ4n) is 0. The molecule has 0 aromatic rings. The predicted molar refractivity (Wildman–Crippen MR) is 11.2 cm³/mol. The maximum atomic E-state index is 8.51. The topological polar surface area (TPSA) is 37.3 Å². The fraction of sp³-hybridized carbons (Fsp3) is 0. The molecule has 0 rings (SSSR count). The van der Waals surface area contributed by atoms with E-state index in [9.17, 15) is 0 Å². The largest absolute Gasteiger partial charge is 0.491 e. The number of rotatable bonds is 0. The van der Waals surface area contributed by atoms with E-state index in [-0.39, 0.29) is 40.8 Å². The van der Waals surface area contributed by atoms with Crippen molar-refractivity contribution in [3.63, 3.8) is 0 Å². The first-order chi connectivity index (χ1) is 1.41. The van der Waals surface area contributed by atoms with Gasteiger partial charge in [-0.2, -0.15) is 4.89 Å². The summed E-state index contributed by atoms with van der Waals surface area (Å²) < 4.78 is 8.51. The Morgan fingerprint density at radius 3 is 1.75 bits per heavy atom. The molecule has 0 fully saturated rings. The summed E-state index contributed by atoms with van der Waals surface area (Å²) in [6, 6.07) is 0. The monoisotopic (exact) mass is 207 g/mol. The van der Waals surface area contributed by atoms with Gasteiger partial charge in [0, 0.05) is 40.8 Å². The molecule has 4 heteroatoms. The van der Waals surface area contributed by atoms with E-state index >= 15 is 0 Å². The van der Waals surface area contributed by atoms with Crippen LogP contribution in [0.5, 0.6) is 0 Å². The van der Waals surface area contributed by atoms with Gasteiger partial charge in [-0.3, -0.25) is 0 Å². The van der Waals surface area contributed by atoms with Crippen molar-refractivity contribution in [2.24, 2.45) is 0 Å². The Morgan fingerprint density at radius 2 is 1.75 bits per heavy atom. The van der Waals surface area contributed by atoms with Crippen LogP contribution in [0, 0.1) is 40.8 Å². The van der Waals surface area contributed by atoms with E-state index in [4.69, 9.17) is 9.46 Å². The molecule has 0 heterocycles. The SMILES string of the molecule is O=[PH+]O.[Nd]. The van der Waals surface area contributed by atoms with Crippen molar-refractivity contribution in [2.75, 3.05) is 0 Å². The van der Waals surface area contributed by atoms with Crippen molar-refractivity contribution in [3.05, 3.63) is 0 Å². The van der Waals surface area contributed by atoms with Gasteiger partial charge < -0.3 is 0 Å². The van der Waals surface area contributed by atoms with Gasteiger partial charge in [-0.25, -0.2) is 0 Å². The third-order valence-corrected chi connectivity index (χ3v) is 0. The Kier molecular flexibility index (Phi) is 20.0. The summed E-state index contributed by atoms with van der Waals surface area (Å²) in [6.45, 7) is 0. The molecule has 0 aliphatic carbocycles. The van der Waals surface area contributed by atoms with Gasteiger partial charge in [-0.1, -0.05) is 0 Å². The van der Waals surface area contributed by atoms with Crippen LogP contribution in [0.3, 0.4) is 0 Å². The Labute approximate surface area is 58.4 Å². The molecular formula is H2NdO2P+. The zero-order valence-corrected chi connectivity index (χ0v) is 6.06. The van der Waals surface area contributed by atoms with Gasteiger partial charge in [0.1, 0.15) is 0 Å². The second-order valence-corrected chi connectivity index (χ2v) is 0.274. The minimum atomic E-state index is -1.17. The minimum absolute atomic E-state index is 0. The zero-order valence-electron chi connectivity index (χ0n) is 1.86. The van der Waals surface area contributed by atoms with Gasteiger partial charge >= 0.3 is 8.69 Å². The van der Waals surface area contributed by atoms with Crippen molar-refractivity contribution in [1.82, 2.24) is 0 Å². The van der Waals surface area contributed by atoms with Crippen LogP contribution in [0.4, 0.5) is 0 Å². The predicted octanol–water partition coefficient (Wildman–Crippen LogP) is -0.0823. The van der Waals surface area contributed by atoms with Crippen LogP contribution in [0.15, 0.2) is 0 Å². The first kappa shape index (κ1) is 9.05. The quantitative estimate of drug-likeness (QED) is 0.566. The van der Waals surface area contributed by atoms with Gasteiger partial charge in [-0.15, -0.1) is 0 Å². The Morgan fingerprint density at radius 1 is 1.75 bits per heavy atom. The molecule has 0 aromatic heterocycles. The van der Waals surface area contributed by atoms with Crippen LogP contribution in [-0.2, 0) is 4.57 Å². The average molecular weight is 209 g/mol. The maximum Gasteiger partial charge on any atom is 0.491 e. The standard InChI is InChI=1S/Nd.HO2P/c;1-3-2/h;3H/p+1. The van der Waals surface area contributed by atoms with Crippen molar-refractivity contribution >= 4 is 8.69 Å². The van der Waals surface area contributed by atoms with Crippen LogP contribution in [0.25, 0.3) is 0 Å². The van der Waals surface area contributed by atoms with Gasteiger partial charge in [0.05, 0.1) is 0 Å². The molecule has 4 heavy (non-hydrogen) atoms. The Bertz CT molecular complexity index is 13.5. The van der Waals surface area contributed by atoms with Crippen molar-refractivity contribution in [1.29, 1.82) is 0 Å². The van der Waals surface area contributed by atoms with Crippen molar-refractivity contribution in [2.45, 2.75) is 0 Å². The minimum Gasteiger partial charge on any atom is -0.162 e. The molecule has 0 aromatic carbocycles. The summed E-state index contributed by atoms with van der Waals surface area (Å²) >= 11 is 0. The third-order valence-electron chi connectivity index (χ3n) is 0. The van der Waals surface area contributed by atoms with Crippen molar-refractivity contribution < 1.29 is 50.3 Å². The second-order valence-electron chi connectivity index (χ2n) is 0.0913. The summed E-state index contributed by atoms with van der Waals surface area (Å²) in [4.78, 5) is 7.04. The summed E-state index contributed by atoms with van der Waals surface area (Å²) in [7, 11) is -1.17. The van der Waals surface area contributed by atoms with E-state index in [1.54, 1.807) is 0 Å². The summed E-state index contributed by atoms with van der Waals surface area (Å²) in [5, 5.41) is 0. The Balaban J connectivity index is 0. The van der Waals surface area contributed by atoms with E-state index in [0.717, 1.165) is 0 Å². The molecule has 0 aliphatic rings. The molecule has 0 bridgehead atoms. The van der Waals surface area contributed by atoms with E-state index < -0.39 is 8.69 Å². The molecule has 0 amide bonds. The van der Waals surface area contributed by atoms with E-state index in [1.165, 1.54) is 0 Å². The normalized spacial score (nSPS) is 5.25.